The van der Waals surface area contributed by atoms with Gasteiger partial charge in [0.05, 0.1) is 25.6 Å². The van der Waals surface area contributed by atoms with Gasteiger partial charge in [0.1, 0.15) is 6.10 Å². The zero-order valence-corrected chi connectivity index (χ0v) is 10.8. The lowest BCUT2D eigenvalue weighted by Gasteiger charge is -2.39. The van der Waals surface area contributed by atoms with E-state index in [4.69, 9.17) is 0 Å². The molecule has 1 fully saturated rings. The van der Waals surface area contributed by atoms with Crippen LogP contribution in [-0.2, 0) is 23.8 Å². The van der Waals surface area contributed by atoms with Gasteiger partial charge in [0.2, 0.25) is 0 Å². The molecule has 0 unspecified atom stereocenters. The Kier molecular flexibility index (Phi) is 4.34. The molecular formula is C9H16O8S. The first-order valence-electron chi connectivity index (χ1n) is 5.14. The van der Waals surface area contributed by atoms with Gasteiger partial charge in [-0.3, -0.25) is 4.18 Å². The highest BCUT2D eigenvalue weighted by atomic mass is 32.2. The number of ether oxygens (including phenoxy) is 1. The number of esters is 1. The number of methoxy groups -OCH3 is 1. The van der Waals surface area contributed by atoms with Crippen LogP contribution in [0.1, 0.15) is 12.8 Å². The van der Waals surface area contributed by atoms with Gasteiger partial charge < -0.3 is 20.1 Å². The molecule has 0 aromatic heterocycles. The molecule has 0 aromatic rings. The van der Waals surface area contributed by atoms with Gasteiger partial charge >= 0.3 is 5.97 Å². The summed E-state index contributed by atoms with van der Waals surface area (Å²) in [6.45, 7) is 0. The van der Waals surface area contributed by atoms with Crippen LogP contribution in [0.2, 0.25) is 0 Å². The zero-order chi connectivity index (χ0) is 14.1. The summed E-state index contributed by atoms with van der Waals surface area (Å²) in [5, 5.41) is 29.2. The molecule has 9 heteroatoms. The van der Waals surface area contributed by atoms with Crippen molar-refractivity contribution in [2.45, 2.75) is 36.8 Å². The van der Waals surface area contributed by atoms with Gasteiger partial charge in [0.25, 0.3) is 10.1 Å². The minimum atomic E-state index is -3.87. The van der Waals surface area contributed by atoms with Crippen molar-refractivity contribution in [1.29, 1.82) is 0 Å². The van der Waals surface area contributed by atoms with Gasteiger partial charge in [-0.1, -0.05) is 0 Å². The third-order valence-electron chi connectivity index (χ3n) is 2.70. The van der Waals surface area contributed by atoms with Crippen LogP contribution in [0.4, 0.5) is 0 Å². The van der Waals surface area contributed by atoms with E-state index < -0.39 is 52.8 Å². The number of rotatable bonds is 3. The van der Waals surface area contributed by atoms with E-state index >= 15 is 0 Å². The topological polar surface area (TPSA) is 130 Å². The molecule has 1 aliphatic carbocycles. The Morgan fingerprint density at radius 3 is 2.06 bits per heavy atom. The van der Waals surface area contributed by atoms with Crippen LogP contribution in [-0.4, -0.2) is 67.0 Å². The minimum absolute atomic E-state index is 0.475. The summed E-state index contributed by atoms with van der Waals surface area (Å²) in [5.74, 6) is -1.00. The first-order chi connectivity index (χ1) is 8.09. The Balaban J connectivity index is 2.86. The maximum Gasteiger partial charge on any atom is 0.338 e. The lowest BCUT2D eigenvalue weighted by Crippen LogP contribution is -2.57. The average molecular weight is 284 g/mol. The second-order valence-electron chi connectivity index (χ2n) is 4.33. The summed E-state index contributed by atoms with van der Waals surface area (Å²) in [5.41, 5.74) is -2.05. The van der Waals surface area contributed by atoms with Gasteiger partial charge in [-0.05, 0) is 0 Å². The van der Waals surface area contributed by atoms with E-state index in [-0.39, 0.29) is 0 Å². The van der Waals surface area contributed by atoms with Crippen LogP contribution in [0.3, 0.4) is 0 Å². The van der Waals surface area contributed by atoms with Crippen molar-refractivity contribution in [1.82, 2.24) is 0 Å². The summed E-state index contributed by atoms with van der Waals surface area (Å²) in [6, 6.07) is 0. The highest BCUT2D eigenvalue weighted by molar-refractivity contribution is 7.86. The largest absolute Gasteiger partial charge is 0.467 e. The molecule has 3 N–H and O–H groups in total. The number of carbonyl (C=O) groups is 1. The van der Waals surface area contributed by atoms with Gasteiger partial charge in [0, 0.05) is 12.8 Å². The number of carbonyl (C=O) groups excluding carboxylic acids is 1. The van der Waals surface area contributed by atoms with Crippen LogP contribution < -0.4 is 0 Å². The lowest BCUT2D eigenvalue weighted by molar-refractivity contribution is -0.186. The summed E-state index contributed by atoms with van der Waals surface area (Å²) in [7, 11) is -2.82. The molecule has 0 bridgehead atoms. The second-order valence-corrected chi connectivity index (χ2v) is 5.93. The molecule has 8 nitrogen and oxygen atoms in total. The second kappa shape index (κ2) is 5.10. The molecule has 1 saturated carbocycles. The molecule has 18 heavy (non-hydrogen) atoms. The van der Waals surface area contributed by atoms with Crippen LogP contribution >= 0.6 is 0 Å². The van der Waals surface area contributed by atoms with Crippen molar-refractivity contribution in [2.75, 3.05) is 13.4 Å². The lowest BCUT2D eigenvalue weighted by atomic mass is 9.80. The number of hydrogen-bond donors (Lipinski definition) is 3. The number of hydrogen-bond acceptors (Lipinski definition) is 8. The SMILES string of the molecule is COC(=O)C1(O)C[C@@H](O)C(OS(C)(=O)=O)[C@H](O)C1. The van der Waals surface area contributed by atoms with Crippen molar-refractivity contribution in [3.05, 3.63) is 0 Å². The van der Waals surface area contributed by atoms with Crippen molar-refractivity contribution in [3.63, 3.8) is 0 Å². The molecule has 0 amide bonds. The molecule has 1 rings (SSSR count). The van der Waals surface area contributed by atoms with Crippen molar-refractivity contribution in [2.24, 2.45) is 0 Å². The summed E-state index contributed by atoms with van der Waals surface area (Å²) in [4.78, 5) is 11.3. The van der Waals surface area contributed by atoms with Crippen LogP contribution in [0.15, 0.2) is 0 Å². The molecule has 0 radical (unpaired) electrons. The monoisotopic (exact) mass is 284 g/mol. The predicted molar refractivity (Wildman–Crippen MR) is 57.9 cm³/mol. The van der Waals surface area contributed by atoms with E-state index in [1.54, 1.807) is 0 Å². The number of aliphatic hydroxyl groups is 3. The Hall–Kier alpha value is -0.740. The summed E-state index contributed by atoms with van der Waals surface area (Å²) >= 11 is 0. The Bertz CT molecular complexity index is 404. The first kappa shape index (κ1) is 15.3. The molecule has 1 aliphatic rings. The maximum atomic E-state index is 11.3. The predicted octanol–water partition coefficient (Wildman–Crippen LogP) is -2.25. The first-order valence-corrected chi connectivity index (χ1v) is 6.96. The summed E-state index contributed by atoms with van der Waals surface area (Å²) < 4.78 is 30.8. The third kappa shape index (κ3) is 3.39. The van der Waals surface area contributed by atoms with Gasteiger partial charge in [0.15, 0.2) is 5.60 Å². The molecule has 0 saturated heterocycles. The maximum absolute atomic E-state index is 11.3. The molecular weight excluding hydrogens is 268 g/mol. The van der Waals surface area contributed by atoms with E-state index in [2.05, 4.69) is 8.92 Å². The fourth-order valence-electron chi connectivity index (χ4n) is 1.95. The van der Waals surface area contributed by atoms with E-state index in [0.717, 1.165) is 13.4 Å². The average Bonchev–Trinajstić information content (AvgIpc) is 2.21. The molecule has 0 spiro atoms. The van der Waals surface area contributed by atoms with Crippen molar-refractivity contribution >= 4 is 16.1 Å². The Labute approximate surface area is 104 Å². The Morgan fingerprint density at radius 1 is 1.28 bits per heavy atom. The molecule has 2 atom stereocenters. The quantitative estimate of drug-likeness (QED) is 0.391. The fraction of sp³-hybridized carbons (Fsp3) is 0.889. The third-order valence-corrected chi connectivity index (χ3v) is 3.28. The minimum Gasteiger partial charge on any atom is -0.467 e. The van der Waals surface area contributed by atoms with Gasteiger partial charge in [-0.2, -0.15) is 8.42 Å². The van der Waals surface area contributed by atoms with Crippen molar-refractivity contribution < 1.29 is 37.5 Å². The van der Waals surface area contributed by atoms with Crippen molar-refractivity contribution in [3.8, 4) is 0 Å². The van der Waals surface area contributed by atoms with Gasteiger partial charge in [-0.25, -0.2) is 4.79 Å². The summed E-state index contributed by atoms with van der Waals surface area (Å²) in [6.07, 6.45) is -4.61. The number of aliphatic hydroxyl groups excluding tert-OH is 2. The highest BCUT2D eigenvalue weighted by Crippen LogP contribution is 2.32. The zero-order valence-electron chi connectivity index (χ0n) is 9.94. The van der Waals surface area contributed by atoms with Gasteiger partial charge in [-0.15, -0.1) is 0 Å². The fourth-order valence-corrected chi connectivity index (χ4v) is 2.61. The Morgan fingerprint density at radius 2 is 1.72 bits per heavy atom. The normalized spacial score (nSPS) is 37.3. The molecule has 0 aromatic carbocycles. The highest BCUT2D eigenvalue weighted by Gasteiger charge is 2.50. The molecule has 106 valence electrons. The molecule has 0 aliphatic heterocycles. The standard InChI is InChI=1S/C9H16O8S/c1-16-8(12)9(13)3-5(10)7(6(11)4-9)17-18(2,14)15/h5-7,10-11,13H,3-4H2,1-2H3/t5-,6-,7?,9?/m1/s1. The van der Waals surface area contributed by atoms with Crippen LogP contribution in [0.25, 0.3) is 0 Å². The van der Waals surface area contributed by atoms with Crippen LogP contribution in [0, 0.1) is 0 Å². The smallest absolute Gasteiger partial charge is 0.338 e. The van der Waals surface area contributed by atoms with E-state index in [9.17, 15) is 28.5 Å². The van der Waals surface area contributed by atoms with Crippen LogP contribution in [0.5, 0.6) is 0 Å². The van der Waals surface area contributed by atoms with E-state index in [0.29, 0.717) is 0 Å². The van der Waals surface area contributed by atoms with E-state index in [1.165, 1.54) is 0 Å². The van der Waals surface area contributed by atoms with E-state index in [1.807, 2.05) is 0 Å². The molecule has 0 heterocycles.